The van der Waals surface area contributed by atoms with Crippen LogP contribution in [0.2, 0.25) is 5.15 Å². The van der Waals surface area contributed by atoms with Crippen LogP contribution in [0.5, 0.6) is 0 Å². The molecule has 3 rings (SSSR count). The number of hydrogen-bond acceptors (Lipinski definition) is 2. The molecule has 0 bridgehead atoms. The first kappa shape index (κ1) is 11.0. The summed E-state index contributed by atoms with van der Waals surface area (Å²) in [6.45, 7) is 0. The van der Waals surface area contributed by atoms with Crippen molar-refractivity contribution in [3.63, 3.8) is 0 Å². The van der Waals surface area contributed by atoms with Crippen molar-refractivity contribution in [3.05, 3.63) is 41.2 Å². The van der Waals surface area contributed by atoms with Gasteiger partial charge in [0.25, 0.3) is 0 Å². The Bertz CT molecular complexity index is 561. The van der Waals surface area contributed by atoms with Crippen molar-refractivity contribution in [2.45, 2.75) is 31.3 Å². The van der Waals surface area contributed by atoms with Gasteiger partial charge in [-0.3, -0.25) is 0 Å². The number of rotatable bonds is 1. The number of aliphatic hydroxyl groups is 1. The topological polar surface area (TPSA) is 33.1 Å². The molecular formula is C14H14ClNO. The minimum absolute atomic E-state index is 0.506. The first-order valence-electron chi connectivity index (χ1n) is 5.96. The molecule has 3 heteroatoms. The first-order valence-corrected chi connectivity index (χ1v) is 6.34. The molecular weight excluding hydrogens is 234 g/mol. The number of pyridine rings is 1. The maximum atomic E-state index is 10.5. The van der Waals surface area contributed by atoms with Crippen LogP contribution in [-0.4, -0.2) is 10.1 Å². The lowest BCUT2D eigenvalue weighted by molar-refractivity contribution is 0.0446. The maximum absolute atomic E-state index is 10.5. The number of hydrogen-bond donors (Lipinski definition) is 1. The highest BCUT2D eigenvalue weighted by molar-refractivity contribution is 6.34. The third-order valence-electron chi connectivity index (χ3n) is 3.69. The summed E-state index contributed by atoms with van der Waals surface area (Å²) in [4.78, 5) is 4.08. The summed E-state index contributed by atoms with van der Waals surface area (Å²) in [7, 11) is 0. The molecule has 1 aromatic heterocycles. The summed E-state index contributed by atoms with van der Waals surface area (Å²) in [6, 6.07) is 7.93. The van der Waals surface area contributed by atoms with Crippen molar-refractivity contribution >= 4 is 22.4 Å². The van der Waals surface area contributed by atoms with Gasteiger partial charge in [-0.15, -0.1) is 0 Å². The van der Waals surface area contributed by atoms with Gasteiger partial charge in [0.15, 0.2) is 0 Å². The molecule has 0 unspecified atom stereocenters. The van der Waals surface area contributed by atoms with E-state index in [9.17, 15) is 5.11 Å². The highest BCUT2D eigenvalue weighted by Gasteiger charge is 2.33. The van der Waals surface area contributed by atoms with Crippen molar-refractivity contribution in [3.8, 4) is 0 Å². The van der Waals surface area contributed by atoms with Crippen molar-refractivity contribution in [2.24, 2.45) is 0 Å². The molecule has 0 amide bonds. The molecule has 2 nitrogen and oxygen atoms in total. The normalized spacial score (nSPS) is 18.7. The number of halogens is 1. The molecule has 0 atom stereocenters. The van der Waals surface area contributed by atoms with Gasteiger partial charge in [0.1, 0.15) is 5.15 Å². The molecule has 88 valence electrons. The Morgan fingerprint density at radius 3 is 2.71 bits per heavy atom. The summed E-state index contributed by atoms with van der Waals surface area (Å²) in [5.41, 5.74) is 0.310. The zero-order valence-corrected chi connectivity index (χ0v) is 10.2. The van der Waals surface area contributed by atoms with Gasteiger partial charge >= 0.3 is 0 Å². The van der Waals surface area contributed by atoms with Gasteiger partial charge in [0.2, 0.25) is 0 Å². The SMILES string of the molecule is OC1(c2ccc3ccnc(Cl)c3c2)CCCC1. The minimum Gasteiger partial charge on any atom is -0.385 e. The Kier molecular flexibility index (Phi) is 2.57. The van der Waals surface area contributed by atoms with Crippen molar-refractivity contribution in [2.75, 3.05) is 0 Å². The second-order valence-corrected chi connectivity index (χ2v) is 5.13. The van der Waals surface area contributed by atoms with Crippen LogP contribution >= 0.6 is 11.6 Å². The summed E-state index contributed by atoms with van der Waals surface area (Å²) in [5, 5.41) is 13.0. The second-order valence-electron chi connectivity index (χ2n) is 4.78. The summed E-state index contributed by atoms with van der Waals surface area (Å²) in [5.74, 6) is 0. The largest absolute Gasteiger partial charge is 0.385 e. The molecule has 1 aliphatic rings. The Balaban J connectivity index is 2.16. The highest BCUT2D eigenvalue weighted by Crippen LogP contribution is 2.39. The summed E-state index contributed by atoms with van der Waals surface area (Å²) >= 11 is 6.09. The molecule has 2 aromatic rings. The van der Waals surface area contributed by atoms with Gasteiger partial charge in [0, 0.05) is 11.6 Å². The Hall–Kier alpha value is -1.12. The molecule has 0 aliphatic heterocycles. The van der Waals surface area contributed by atoms with E-state index in [0.29, 0.717) is 5.15 Å². The average molecular weight is 248 g/mol. The van der Waals surface area contributed by atoms with Gasteiger partial charge in [0.05, 0.1) is 5.60 Å². The molecule has 1 saturated carbocycles. The fraction of sp³-hybridized carbons (Fsp3) is 0.357. The van der Waals surface area contributed by atoms with Crippen molar-refractivity contribution in [1.29, 1.82) is 0 Å². The lowest BCUT2D eigenvalue weighted by Crippen LogP contribution is -2.20. The summed E-state index contributed by atoms with van der Waals surface area (Å²) < 4.78 is 0. The third kappa shape index (κ3) is 1.81. The Labute approximate surface area is 105 Å². The lowest BCUT2D eigenvalue weighted by Gasteiger charge is -2.23. The molecule has 0 saturated heterocycles. The Morgan fingerprint density at radius 2 is 1.94 bits per heavy atom. The van der Waals surface area contributed by atoms with Crippen LogP contribution in [0, 0.1) is 0 Å². The Morgan fingerprint density at radius 1 is 1.18 bits per heavy atom. The molecule has 0 spiro atoms. The molecule has 17 heavy (non-hydrogen) atoms. The van der Waals surface area contributed by atoms with E-state index in [0.717, 1.165) is 42.0 Å². The first-order chi connectivity index (χ1) is 8.19. The van der Waals surface area contributed by atoms with Gasteiger partial charge in [-0.05, 0) is 35.9 Å². The fourth-order valence-electron chi connectivity index (χ4n) is 2.67. The molecule has 1 N–H and O–H groups in total. The average Bonchev–Trinajstić information content (AvgIpc) is 2.78. The predicted molar refractivity (Wildman–Crippen MR) is 69.1 cm³/mol. The van der Waals surface area contributed by atoms with E-state index >= 15 is 0 Å². The highest BCUT2D eigenvalue weighted by atomic mass is 35.5. The van der Waals surface area contributed by atoms with Gasteiger partial charge in [-0.1, -0.05) is 36.6 Å². The maximum Gasteiger partial charge on any atom is 0.136 e. The smallest absolute Gasteiger partial charge is 0.136 e. The monoisotopic (exact) mass is 247 g/mol. The lowest BCUT2D eigenvalue weighted by atomic mass is 9.91. The number of nitrogens with zero attached hydrogens (tertiary/aromatic N) is 1. The molecule has 1 fully saturated rings. The van der Waals surface area contributed by atoms with Crippen LogP contribution in [-0.2, 0) is 5.60 Å². The second kappa shape index (κ2) is 3.97. The van der Waals surface area contributed by atoms with Crippen molar-refractivity contribution < 1.29 is 5.11 Å². The predicted octanol–water partition coefficient (Wildman–Crippen LogP) is 3.65. The van der Waals surface area contributed by atoms with Crippen LogP contribution in [0.4, 0.5) is 0 Å². The van der Waals surface area contributed by atoms with E-state index < -0.39 is 5.60 Å². The van der Waals surface area contributed by atoms with E-state index in [-0.39, 0.29) is 0 Å². The van der Waals surface area contributed by atoms with Crippen LogP contribution in [0.1, 0.15) is 31.2 Å². The standard InChI is InChI=1S/C14H14ClNO/c15-13-12-9-11(14(17)6-1-2-7-14)4-3-10(12)5-8-16-13/h3-5,8-9,17H,1-2,6-7H2. The summed E-state index contributed by atoms with van der Waals surface area (Å²) in [6.07, 6.45) is 5.58. The van der Waals surface area contributed by atoms with Crippen LogP contribution in [0.25, 0.3) is 10.8 Å². The van der Waals surface area contributed by atoms with E-state index in [1.165, 1.54) is 0 Å². The van der Waals surface area contributed by atoms with Gasteiger partial charge in [-0.25, -0.2) is 4.98 Å². The van der Waals surface area contributed by atoms with Crippen LogP contribution in [0.15, 0.2) is 30.5 Å². The zero-order valence-electron chi connectivity index (χ0n) is 9.49. The molecule has 1 aliphatic carbocycles. The molecule has 1 aromatic carbocycles. The van der Waals surface area contributed by atoms with Crippen molar-refractivity contribution in [1.82, 2.24) is 4.98 Å². The fourth-order valence-corrected chi connectivity index (χ4v) is 2.89. The van der Waals surface area contributed by atoms with E-state index in [1.807, 2.05) is 24.3 Å². The number of aromatic nitrogens is 1. The van der Waals surface area contributed by atoms with E-state index in [2.05, 4.69) is 4.98 Å². The van der Waals surface area contributed by atoms with Crippen LogP contribution < -0.4 is 0 Å². The number of fused-ring (bicyclic) bond motifs is 1. The van der Waals surface area contributed by atoms with Gasteiger partial charge < -0.3 is 5.11 Å². The minimum atomic E-state index is -0.659. The van der Waals surface area contributed by atoms with Crippen LogP contribution in [0.3, 0.4) is 0 Å². The zero-order chi connectivity index (χ0) is 11.9. The van der Waals surface area contributed by atoms with E-state index in [4.69, 9.17) is 11.6 Å². The third-order valence-corrected chi connectivity index (χ3v) is 3.99. The quantitative estimate of drug-likeness (QED) is 0.781. The molecule has 1 heterocycles. The number of benzene rings is 1. The van der Waals surface area contributed by atoms with E-state index in [1.54, 1.807) is 6.20 Å². The molecule has 0 radical (unpaired) electrons. The van der Waals surface area contributed by atoms with Gasteiger partial charge in [-0.2, -0.15) is 0 Å².